The van der Waals surface area contributed by atoms with Crippen molar-refractivity contribution in [1.82, 2.24) is 14.6 Å². The van der Waals surface area contributed by atoms with Crippen LogP contribution in [0.5, 0.6) is 0 Å². The second-order valence-electron chi connectivity index (χ2n) is 8.30. The Labute approximate surface area is 184 Å². The van der Waals surface area contributed by atoms with E-state index in [1.807, 2.05) is 56.3 Å². The Morgan fingerprint density at radius 2 is 1.84 bits per heavy atom. The van der Waals surface area contributed by atoms with Gasteiger partial charge in [0.2, 0.25) is 15.9 Å². The number of aromatic nitrogens is 1. The van der Waals surface area contributed by atoms with Crippen LogP contribution in [-0.2, 0) is 16.6 Å². The maximum atomic E-state index is 12.6. The number of oxazole rings is 1. The fraction of sp³-hybridized carbons (Fsp3) is 0.375. The van der Waals surface area contributed by atoms with E-state index in [4.69, 9.17) is 9.40 Å². The summed E-state index contributed by atoms with van der Waals surface area (Å²) in [6.45, 7) is 6.87. The minimum atomic E-state index is -3.48. The molecule has 1 aliphatic rings. The maximum absolute atomic E-state index is 12.6. The van der Waals surface area contributed by atoms with E-state index in [0.29, 0.717) is 23.9 Å². The highest BCUT2D eigenvalue weighted by atomic mass is 32.2. The summed E-state index contributed by atoms with van der Waals surface area (Å²) < 4.78 is 33.9. The molecule has 0 radical (unpaired) electrons. The van der Waals surface area contributed by atoms with Gasteiger partial charge in [0, 0.05) is 25.2 Å². The van der Waals surface area contributed by atoms with Crippen LogP contribution >= 0.6 is 0 Å². The molecule has 7 heteroatoms. The number of nitrogens with zero attached hydrogens (tertiary/aromatic N) is 2. The molecule has 2 heterocycles. The van der Waals surface area contributed by atoms with Crippen LogP contribution in [0.1, 0.15) is 29.9 Å². The first-order valence-corrected chi connectivity index (χ1v) is 12.2. The summed E-state index contributed by atoms with van der Waals surface area (Å²) in [7, 11) is -3.48. The van der Waals surface area contributed by atoms with E-state index in [-0.39, 0.29) is 5.92 Å². The molecule has 1 unspecified atom stereocenters. The minimum absolute atomic E-state index is 0.273. The Balaban J connectivity index is 1.36. The molecule has 1 saturated heterocycles. The Morgan fingerprint density at radius 3 is 2.58 bits per heavy atom. The van der Waals surface area contributed by atoms with Crippen molar-refractivity contribution in [3.8, 4) is 11.5 Å². The summed E-state index contributed by atoms with van der Waals surface area (Å²) in [6, 6.07) is 16.9. The fourth-order valence-electron chi connectivity index (χ4n) is 3.98. The second-order valence-corrected chi connectivity index (χ2v) is 10.1. The van der Waals surface area contributed by atoms with Crippen LogP contribution in [0.4, 0.5) is 0 Å². The van der Waals surface area contributed by atoms with E-state index in [1.54, 1.807) is 12.1 Å². The van der Waals surface area contributed by atoms with Gasteiger partial charge < -0.3 is 4.42 Å². The van der Waals surface area contributed by atoms with Crippen molar-refractivity contribution in [3.63, 3.8) is 0 Å². The lowest BCUT2D eigenvalue weighted by molar-refractivity contribution is 0.166. The van der Waals surface area contributed by atoms with E-state index in [0.717, 1.165) is 48.5 Å². The van der Waals surface area contributed by atoms with Gasteiger partial charge in [-0.3, -0.25) is 4.90 Å². The molecule has 0 saturated carbocycles. The Bertz CT molecular complexity index is 1110. The van der Waals surface area contributed by atoms with Gasteiger partial charge in [-0.25, -0.2) is 18.1 Å². The molecule has 31 heavy (non-hydrogen) atoms. The van der Waals surface area contributed by atoms with Gasteiger partial charge in [-0.1, -0.05) is 35.9 Å². The monoisotopic (exact) mass is 439 g/mol. The zero-order valence-corrected chi connectivity index (χ0v) is 18.9. The number of piperidine rings is 1. The van der Waals surface area contributed by atoms with Crippen molar-refractivity contribution < 1.29 is 12.8 Å². The third-order valence-corrected chi connectivity index (χ3v) is 7.22. The quantitative estimate of drug-likeness (QED) is 0.599. The standard InChI is InChI=1S/C24H29N3O3S/c1-18-10-12-22(13-11-18)31(28,29)25-15-20-7-6-14-27(16-20)17-23-19(2)30-24(26-23)21-8-4-3-5-9-21/h3-5,8-13,20,25H,6-7,14-17H2,1-2H3. The molecule has 1 aromatic heterocycles. The van der Waals surface area contributed by atoms with Gasteiger partial charge in [0.1, 0.15) is 5.76 Å². The van der Waals surface area contributed by atoms with Crippen molar-refractivity contribution in [2.75, 3.05) is 19.6 Å². The second kappa shape index (κ2) is 9.34. The highest BCUT2D eigenvalue weighted by molar-refractivity contribution is 7.89. The molecule has 1 aliphatic heterocycles. The molecule has 0 aliphatic carbocycles. The van der Waals surface area contributed by atoms with Crippen LogP contribution in [-0.4, -0.2) is 37.9 Å². The summed E-state index contributed by atoms with van der Waals surface area (Å²) in [4.78, 5) is 7.37. The molecule has 0 spiro atoms. The van der Waals surface area contributed by atoms with Crippen molar-refractivity contribution in [3.05, 3.63) is 71.6 Å². The lowest BCUT2D eigenvalue weighted by Gasteiger charge is -2.32. The highest BCUT2D eigenvalue weighted by Crippen LogP contribution is 2.24. The number of likely N-dealkylation sites (tertiary alicyclic amines) is 1. The van der Waals surface area contributed by atoms with Crippen molar-refractivity contribution in [2.45, 2.75) is 38.1 Å². The normalized spacial score (nSPS) is 17.7. The summed E-state index contributed by atoms with van der Waals surface area (Å²) in [5.41, 5.74) is 2.96. The van der Waals surface area contributed by atoms with Gasteiger partial charge in [-0.05, 0) is 63.4 Å². The average molecular weight is 440 g/mol. The first-order chi connectivity index (χ1) is 14.9. The van der Waals surface area contributed by atoms with E-state index in [1.165, 1.54) is 0 Å². The summed E-state index contributed by atoms with van der Waals surface area (Å²) in [6.07, 6.45) is 2.05. The number of hydrogen-bond donors (Lipinski definition) is 1. The predicted molar refractivity (Wildman–Crippen MR) is 121 cm³/mol. The molecule has 0 bridgehead atoms. The zero-order valence-electron chi connectivity index (χ0n) is 18.0. The smallest absolute Gasteiger partial charge is 0.240 e. The molecule has 6 nitrogen and oxygen atoms in total. The van der Waals surface area contributed by atoms with Crippen molar-refractivity contribution in [2.24, 2.45) is 5.92 Å². The lowest BCUT2D eigenvalue weighted by atomic mass is 9.98. The lowest BCUT2D eigenvalue weighted by Crippen LogP contribution is -2.40. The Hall–Kier alpha value is -2.48. The van der Waals surface area contributed by atoms with Crippen LogP contribution < -0.4 is 4.72 Å². The van der Waals surface area contributed by atoms with Gasteiger partial charge >= 0.3 is 0 Å². The number of hydrogen-bond acceptors (Lipinski definition) is 5. The van der Waals surface area contributed by atoms with Gasteiger partial charge in [-0.2, -0.15) is 0 Å². The maximum Gasteiger partial charge on any atom is 0.240 e. The van der Waals surface area contributed by atoms with Crippen LogP contribution in [0.25, 0.3) is 11.5 Å². The predicted octanol–water partition coefficient (Wildman–Crippen LogP) is 4.15. The van der Waals surface area contributed by atoms with Crippen LogP contribution in [0.3, 0.4) is 0 Å². The summed E-state index contributed by atoms with van der Waals surface area (Å²) in [5, 5.41) is 0. The Kier molecular flexibility index (Phi) is 6.55. The number of aryl methyl sites for hydroxylation is 2. The number of benzene rings is 2. The SMILES string of the molecule is Cc1ccc(S(=O)(=O)NCC2CCCN(Cc3nc(-c4ccccc4)oc3C)C2)cc1. The van der Waals surface area contributed by atoms with E-state index in [9.17, 15) is 8.42 Å². The molecule has 1 atom stereocenters. The van der Waals surface area contributed by atoms with Gasteiger partial charge in [0.15, 0.2) is 0 Å². The highest BCUT2D eigenvalue weighted by Gasteiger charge is 2.24. The van der Waals surface area contributed by atoms with E-state index >= 15 is 0 Å². The summed E-state index contributed by atoms with van der Waals surface area (Å²) in [5.74, 6) is 1.75. The Morgan fingerprint density at radius 1 is 1.10 bits per heavy atom. The van der Waals surface area contributed by atoms with E-state index in [2.05, 4.69) is 9.62 Å². The third-order valence-electron chi connectivity index (χ3n) is 5.78. The molecular formula is C24H29N3O3S. The molecule has 3 aromatic rings. The minimum Gasteiger partial charge on any atom is -0.441 e. The fourth-order valence-corrected chi connectivity index (χ4v) is 5.10. The van der Waals surface area contributed by atoms with Gasteiger partial charge in [0.25, 0.3) is 0 Å². The average Bonchev–Trinajstić information content (AvgIpc) is 3.14. The van der Waals surface area contributed by atoms with Crippen LogP contribution in [0, 0.1) is 19.8 Å². The van der Waals surface area contributed by atoms with E-state index < -0.39 is 10.0 Å². The third kappa shape index (κ3) is 5.42. The number of sulfonamides is 1. The van der Waals surface area contributed by atoms with Gasteiger partial charge in [-0.15, -0.1) is 0 Å². The first kappa shape index (κ1) is 21.7. The molecule has 0 amide bonds. The number of nitrogens with one attached hydrogen (secondary N) is 1. The molecule has 2 aromatic carbocycles. The topological polar surface area (TPSA) is 75.4 Å². The van der Waals surface area contributed by atoms with Crippen LogP contribution in [0.2, 0.25) is 0 Å². The first-order valence-electron chi connectivity index (χ1n) is 10.7. The zero-order chi connectivity index (χ0) is 21.8. The van der Waals surface area contributed by atoms with Gasteiger partial charge in [0.05, 0.1) is 10.6 Å². The van der Waals surface area contributed by atoms with Crippen molar-refractivity contribution in [1.29, 1.82) is 0 Å². The largest absolute Gasteiger partial charge is 0.441 e. The molecule has 1 N–H and O–H groups in total. The summed E-state index contributed by atoms with van der Waals surface area (Å²) >= 11 is 0. The van der Waals surface area contributed by atoms with Crippen molar-refractivity contribution >= 4 is 10.0 Å². The molecule has 1 fully saturated rings. The molecule has 4 rings (SSSR count). The van der Waals surface area contributed by atoms with Crippen LogP contribution in [0.15, 0.2) is 63.9 Å². The number of rotatable bonds is 7. The molecule has 164 valence electrons. The molecular weight excluding hydrogens is 410 g/mol.